The maximum absolute atomic E-state index is 2.43. The molecule has 0 spiro atoms. The SMILES string of the molecule is CC1(C)c2ccccc2-c2ccc(N(c3ccc(-c4ccccc4)cc3)c3ccc(-c4ccc5cccc6c5c4-c4ccc(-c5ccccc5)cc4C6(C)C)cc3)cc21. The van der Waals surface area contributed by atoms with Crippen LogP contribution in [0.1, 0.15) is 49.9 Å². The van der Waals surface area contributed by atoms with Gasteiger partial charge < -0.3 is 4.90 Å². The van der Waals surface area contributed by atoms with Gasteiger partial charge in [-0.3, -0.25) is 0 Å². The molecule has 9 aromatic carbocycles. The summed E-state index contributed by atoms with van der Waals surface area (Å²) in [5, 5.41) is 2.65. The average Bonchev–Trinajstić information content (AvgIpc) is 3.51. The fourth-order valence-electron chi connectivity index (χ4n) is 10.2. The summed E-state index contributed by atoms with van der Waals surface area (Å²) in [6.07, 6.45) is 0. The summed E-state index contributed by atoms with van der Waals surface area (Å²) < 4.78 is 0. The van der Waals surface area contributed by atoms with Gasteiger partial charge in [0.2, 0.25) is 0 Å². The predicted molar refractivity (Wildman–Crippen MR) is 250 cm³/mol. The third-order valence-corrected chi connectivity index (χ3v) is 13.3. The highest BCUT2D eigenvalue weighted by molar-refractivity contribution is 6.09. The van der Waals surface area contributed by atoms with Gasteiger partial charge >= 0.3 is 0 Å². The van der Waals surface area contributed by atoms with E-state index >= 15 is 0 Å². The van der Waals surface area contributed by atoms with E-state index in [0.717, 1.165) is 17.1 Å². The lowest BCUT2D eigenvalue weighted by Gasteiger charge is -2.36. The van der Waals surface area contributed by atoms with Crippen LogP contribution in [0.3, 0.4) is 0 Å². The first-order valence-corrected chi connectivity index (χ1v) is 20.8. The fraction of sp³-hybridized carbons (Fsp3) is 0.103. The van der Waals surface area contributed by atoms with Crippen molar-refractivity contribution in [1.29, 1.82) is 0 Å². The van der Waals surface area contributed by atoms with Crippen LogP contribution in [0.5, 0.6) is 0 Å². The van der Waals surface area contributed by atoms with E-state index < -0.39 is 0 Å². The predicted octanol–water partition coefficient (Wildman–Crippen LogP) is 15.9. The number of anilines is 3. The van der Waals surface area contributed by atoms with E-state index in [2.05, 4.69) is 233 Å². The van der Waals surface area contributed by atoms with Gasteiger partial charge in [-0.2, -0.15) is 0 Å². The quantitative estimate of drug-likeness (QED) is 0.163. The molecule has 282 valence electrons. The molecule has 0 unspecified atom stereocenters. The van der Waals surface area contributed by atoms with Crippen LogP contribution in [0.4, 0.5) is 17.1 Å². The lowest BCUT2D eigenvalue weighted by Crippen LogP contribution is -2.24. The van der Waals surface area contributed by atoms with E-state index in [1.54, 1.807) is 0 Å². The maximum atomic E-state index is 2.43. The van der Waals surface area contributed by atoms with Crippen molar-refractivity contribution in [2.24, 2.45) is 0 Å². The van der Waals surface area contributed by atoms with Crippen LogP contribution in [0.25, 0.3) is 66.4 Å². The van der Waals surface area contributed by atoms with Crippen LogP contribution < -0.4 is 4.90 Å². The zero-order valence-electron chi connectivity index (χ0n) is 34.0. The summed E-state index contributed by atoms with van der Waals surface area (Å²) >= 11 is 0. The first-order chi connectivity index (χ1) is 28.8. The summed E-state index contributed by atoms with van der Waals surface area (Å²) in [7, 11) is 0. The van der Waals surface area contributed by atoms with Crippen molar-refractivity contribution in [2.45, 2.75) is 38.5 Å². The van der Waals surface area contributed by atoms with Crippen molar-refractivity contribution >= 4 is 27.8 Å². The van der Waals surface area contributed by atoms with E-state index in [9.17, 15) is 0 Å². The van der Waals surface area contributed by atoms with Crippen LogP contribution in [-0.4, -0.2) is 0 Å². The number of hydrogen-bond acceptors (Lipinski definition) is 1. The standard InChI is InChI=1S/C58H45N/c1-57(2)51-20-12-11-19-48(51)49-35-32-46(37-54(49)57)59(44-28-22-40(23-29-44)38-14-7-5-8-15-38)45-30-24-41(25-31-45)47-33-26-42-18-13-21-52-55(42)56(47)50-34-27-43(36-53(50)58(52,3)4)39-16-9-6-10-17-39/h5-37H,1-4H3. The van der Waals surface area contributed by atoms with Gasteiger partial charge in [0.05, 0.1) is 0 Å². The Bertz CT molecular complexity index is 3060. The highest BCUT2D eigenvalue weighted by atomic mass is 15.1. The van der Waals surface area contributed by atoms with Crippen LogP contribution in [-0.2, 0) is 10.8 Å². The van der Waals surface area contributed by atoms with E-state index in [0.29, 0.717) is 0 Å². The molecule has 0 fully saturated rings. The Labute approximate surface area is 347 Å². The number of rotatable bonds is 6. The second-order valence-corrected chi connectivity index (χ2v) is 17.3. The molecule has 2 aliphatic carbocycles. The summed E-state index contributed by atoms with van der Waals surface area (Å²) in [5.41, 5.74) is 21.4. The van der Waals surface area contributed by atoms with Crippen LogP contribution in [0.15, 0.2) is 200 Å². The lowest BCUT2D eigenvalue weighted by molar-refractivity contribution is 0.645. The molecule has 0 heterocycles. The number of hydrogen-bond donors (Lipinski definition) is 0. The van der Waals surface area contributed by atoms with Gasteiger partial charge in [0.1, 0.15) is 0 Å². The third kappa shape index (κ3) is 5.53. The van der Waals surface area contributed by atoms with Gasteiger partial charge in [0.15, 0.2) is 0 Å². The Balaban J connectivity index is 1.05. The number of benzene rings is 9. The summed E-state index contributed by atoms with van der Waals surface area (Å²) in [6, 6.07) is 74.2. The largest absolute Gasteiger partial charge is 0.310 e. The Hall–Kier alpha value is -6.96. The van der Waals surface area contributed by atoms with Gasteiger partial charge in [-0.15, -0.1) is 0 Å². The van der Waals surface area contributed by atoms with Crippen LogP contribution in [0, 0.1) is 0 Å². The molecule has 0 amide bonds. The minimum absolute atomic E-state index is 0.0995. The average molecular weight is 756 g/mol. The van der Waals surface area contributed by atoms with Gasteiger partial charge in [0.25, 0.3) is 0 Å². The van der Waals surface area contributed by atoms with Crippen molar-refractivity contribution in [1.82, 2.24) is 0 Å². The highest BCUT2D eigenvalue weighted by Gasteiger charge is 2.37. The molecule has 0 saturated heterocycles. The van der Waals surface area contributed by atoms with Crippen molar-refractivity contribution in [3.05, 3.63) is 222 Å². The molecule has 0 aromatic heterocycles. The van der Waals surface area contributed by atoms with Crippen molar-refractivity contribution in [3.63, 3.8) is 0 Å². The molecule has 0 atom stereocenters. The lowest BCUT2D eigenvalue weighted by atomic mass is 9.67. The zero-order valence-corrected chi connectivity index (χ0v) is 34.0. The summed E-state index contributed by atoms with van der Waals surface area (Å²) in [6.45, 7) is 9.50. The van der Waals surface area contributed by atoms with Crippen LogP contribution >= 0.6 is 0 Å². The van der Waals surface area contributed by atoms with Crippen molar-refractivity contribution < 1.29 is 0 Å². The van der Waals surface area contributed by atoms with Gasteiger partial charge in [-0.1, -0.05) is 185 Å². The third-order valence-electron chi connectivity index (χ3n) is 13.3. The molecule has 9 aromatic rings. The maximum Gasteiger partial charge on any atom is 0.0465 e. The topological polar surface area (TPSA) is 3.24 Å². The molecule has 0 saturated carbocycles. The smallest absolute Gasteiger partial charge is 0.0465 e. The summed E-state index contributed by atoms with van der Waals surface area (Å²) in [5.74, 6) is 0. The second-order valence-electron chi connectivity index (χ2n) is 17.3. The van der Waals surface area contributed by atoms with Gasteiger partial charge in [-0.05, 0) is 131 Å². The Morgan fingerprint density at radius 2 is 0.797 bits per heavy atom. The van der Waals surface area contributed by atoms with Crippen molar-refractivity contribution in [2.75, 3.05) is 4.90 Å². The molecule has 0 aliphatic heterocycles. The minimum atomic E-state index is -0.155. The number of nitrogens with zero attached hydrogens (tertiary/aromatic N) is 1. The molecule has 0 N–H and O–H groups in total. The molecule has 0 bridgehead atoms. The Morgan fingerprint density at radius 1 is 0.305 bits per heavy atom. The molecule has 0 radical (unpaired) electrons. The molecule has 2 aliphatic rings. The van der Waals surface area contributed by atoms with E-state index in [1.165, 1.54) is 88.7 Å². The molecule has 1 heteroatoms. The van der Waals surface area contributed by atoms with E-state index in [1.807, 2.05) is 0 Å². The van der Waals surface area contributed by atoms with Gasteiger partial charge in [0, 0.05) is 27.9 Å². The first kappa shape index (κ1) is 35.2. The van der Waals surface area contributed by atoms with E-state index in [4.69, 9.17) is 0 Å². The normalized spacial score (nSPS) is 14.0. The van der Waals surface area contributed by atoms with Crippen molar-refractivity contribution in [3.8, 4) is 55.6 Å². The molecule has 1 nitrogen and oxygen atoms in total. The minimum Gasteiger partial charge on any atom is -0.310 e. The molecular weight excluding hydrogens is 711 g/mol. The molecule has 11 rings (SSSR count). The molecular formula is C58H45N. The summed E-state index contributed by atoms with van der Waals surface area (Å²) in [4.78, 5) is 2.42. The zero-order chi connectivity index (χ0) is 39.9. The monoisotopic (exact) mass is 755 g/mol. The van der Waals surface area contributed by atoms with E-state index in [-0.39, 0.29) is 10.8 Å². The van der Waals surface area contributed by atoms with Crippen LogP contribution in [0.2, 0.25) is 0 Å². The van der Waals surface area contributed by atoms with Gasteiger partial charge in [-0.25, -0.2) is 0 Å². The fourth-order valence-corrected chi connectivity index (χ4v) is 10.2. The Kier molecular flexibility index (Phi) is 7.94. The second kappa shape index (κ2) is 13.3. The Morgan fingerprint density at radius 3 is 1.51 bits per heavy atom. The molecule has 59 heavy (non-hydrogen) atoms. The highest BCUT2D eigenvalue weighted by Crippen LogP contribution is 2.54. The number of fused-ring (bicyclic) bond motifs is 5. The first-order valence-electron chi connectivity index (χ1n) is 20.8.